The van der Waals surface area contributed by atoms with E-state index in [4.69, 9.17) is 10.5 Å². The molecule has 1 aliphatic rings. The summed E-state index contributed by atoms with van der Waals surface area (Å²) >= 11 is 0. The summed E-state index contributed by atoms with van der Waals surface area (Å²) in [5, 5.41) is 2.35. The minimum atomic E-state index is -4.77. The molecule has 0 aromatic carbocycles. The topological polar surface area (TPSA) is 64.3 Å². The first kappa shape index (κ1) is 15.2. The highest BCUT2D eigenvalue weighted by atomic mass is 19.4. The smallest absolute Gasteiger partial charge is 0.381 e. The van der Waals surface area contributed by atoms with Crippen molar-refractivity contribution < 1.29 is 22.7 Å². The van der Waals surface area contributed by atoms with Crippen LogP contribution in [0.2, 0.25) is 0 Å². The third kappa shape index (κ3) is 2.33. The Kier molecular flexibility index (Phi) is 3.71. The Bertz CT molecular complexity index is 340. The van der Waals surface area contributed by atoms with Crippen molar-refractivity contribution in [3.05, 3.63) is 0 Å². The summed E-state index contributed by atoms with van der Waals surface area (Å²) in [7, 11) is 1.53. The van der Waals surface area contributed by atoms with Gasteiger partial charge in [0.1, 0.15) is 0 Å². The molecule has 0 radical (unpaired) electrons. The summed E-state index contributed by atoms with van der Waals surface area (Å²) in [5.74, 6) is -1.21. The number of methoxy groups -OCH3 is 1. The van der Waals surface area contributed by atoms with Crippen molar-refractivity contribution in [1.29, 1.82) is 0 Å². The molecule has 0 aliphatic heterocycles. The molecule has 1 fully saturated rings. The molecule has 1 aliphatic carbocycles. The lowest BCUT2D eigenvalue weighted by atomic mass is 9.64. The summed E-state index contributed by atoms with van der Waals surface area (Å²) in [6.07, 6.45) is -4.35. The number of hydrogen-bond donors (Lipinski definition) is 2. The standard InChI is InChI=1S/C11H19F3N2O2/c1-9(2)6(5-7(9)18-4)16-8(17)10(3,15)11(12,13)14/h6-7H,5,15H2,1-4H3,(H,16,17). The van der Waals surface area contributed by atoms with E-state index >= 15 is 0 Å². The molecule has 4 nitrogen and oxygen atoms in total. The summed E-state index contributed by atoms with van der Waals surface area (Å²) in [6, 6.07) is -0.361. The first-order valence-electron chi connectivity index (χ1n) is 5.64. The molecule has 1 saturated carbocycles. The van der Waals surface area contributed by atoms with Crippen LogP contribution in [-0.2, 0) is 9.53 Å². The largest absolute Gasteiger partial charge is 0.415 e. The molecule has 0 heterocycles. The summed E-state index contributed by atoms with van der Waals surface area (Å²) < 4.78 is 42.9. The Morgan fingerprint density at radius 3 is 2.28 bits per heavy atom. The van der Waals surface area contributed by atoms with Crippen LogP contribution in [-0.4, -0.2) is 36.9 Å². The van der Waals surface area contributed by atoms with Gasteiger partial charge in [-0.1, -0.05) is 13.8 Å². The van der Waals surface area contributed by atoms with E-state index in [2.05, 4.69) is 5.32 Å². The van der Waals surface area contributed by atoms with Gasteiger partial charge < -0.3 is 15.8 Å². The number of ether oxygens (including phenoxy) is 1. The molecular weight excluding hydrogens is 249 g/mol. The fourth-order valence-electron chi connectivity index (χ4n) is 1.97. The predicted octanol–water partition coefficient (Wildman–Crippen LogP) is 1.20. The molecule has 3 unspecified atom stereocenters. The number of hydrogen-bond acceptors (Lipinski definition) is 3. The molecule has 18 heavy (non-hydrogen) atoms. The van der Waals surface area contributed by atoms with Crippen molar-refractivity contribution in [3.8, 4) is 0 Å². The predicted molar refractivity (Wildman–Crippen MR) is 59.8 cm³/mol. The maximum absolute atomic E-state index is 12.6. The van der Waals surface area contributed by atoms with E-state index in [0.717, 1.165) is 0 Å². The Morgan fingerprint density at radius 1 is 1.44 bits per heavy atom. The molecule has 106 valence electrons. The van der Waals surface area contributed by atoms with E-state index in [0.29, 0.717) is 13.3 Å². The summed E-state index contributed by atoms with van der Waals surface area (Å²) in [6.45, 7) is 4.33. The first-order valence-corrected chi connectivity index (χ1v) is 5.64. The van der Waals surface area contributed by atoms with Crippen molar-refractivity contribution in [3.63, 3.8) is 0 Å². The highest BCUT2D eigenvalue weighted by molar-refractivity contribution is 5.87. The SMILES string of the molecule is COC1CC(NC(=O)C(C)(N)C(F)(F)F)C1(C)C. The summed E-state index contributed by atoms with van der Waals surface area (Å²) in [5.41, 5.74) is 1.78. The molecule has 0 spiro atoms. The Morgan fingerprint density at radius 2 is 1.94 bits per heavy atom. The highest BCUT2D eigenvalue weighted by Gasteiger charge is 2.56. The van der Waals surface area contributed by atoms with Crippen LogP contribution in [0.5, 0.6) is 0 Å². The van der Waals surface area contributed by atoms with Gasteiger partial charge in [-0.25, -0.2) is 0 Å². The zero-order chi connectivity index (χ0) is 14.4. The molecule has 3 atom stereocenters. The molecule has 0 saturated heterocycles. The second kappa shape index (κ2) is 4.38. The van der Waals surface area contributed by atoms with Gasteiger partial charge in [0.2, 0.25) is 5.91 Å². The van der Waals surface area contributed by atoms with Gasteiger partial charge in [-0.05, 0) is 13.3 Å². The lowest BCUT2D eigenvalue weighted by Gasteiger charge is -2.51. The number of rotatable bonds is 3. The third-order valence-electron chi connectivity index (χ3n) is 3.83. The van der Waals surface area contributed by atoms with Gasteiger partial charge in [-0.15, -0.1) is 0 Å². The lowest BCUT2D eigenvalue weighted by Crippen LogP contribution is -2.68. The van der Waals surface area contributed by atoms with Crippen molar-refractivity contribution in [1.82, 2.24) is 5.32 Å². The molecule has 3 N–H and O–H groups in total. The van der Waals surface area contributed by atoms with Gasteiger partial charge in [0.15, 0.2) is 5.54 Å². The van der Waals surface area contributed by atoms with E-state index in [1.807, 2.05) is 13.8 Å². The third-order valence-corrected chi connectivity index (χ3v) is 3.83. The highest BCUT2D eigenvalue weighted by Crippen LogP contribution is 2.42. The molecule has 0 aromatic rings. The molecule has 1 rings (SSSR count). The lowest BCUT2D eigenvalue weighted by molar-refractivity contribution is -0.190. The van der Waals surface area contributed by atoms with Crippen LogP contribution in [0.3, 0.4) is 0 Å². The molecular formula is C11H19F3N2O2. The number of carbonyl (C=O) groups excluding carboxylic acids is 1. The van der Waals surface area contributed by atoms with Crippen LogP contribution >= 0.6 is 0 Å². The van der Waals surface area contributed by atoms with Crippen molar-refractivity contribution in [2.75, 3.05) is 7.11 Å². The number of nitrogens with one attached hydrogen (secondary N) is 1. The fourth-order valence-corrected chi connectivity index (χ4v) is 1.97. The normalized spacial score (nSPS) is 30.2. The van der Waals surface area contributed by atoms with E-state index in [-0.39, 0.29) is 12.1 Å². The number of halogens is 3. The van der Waals surface area contributed by atoms with Crippen molar-refractivity contribution in [2.24, 2.45) is 11.1 Å². The number of carbonyl (C=O) groups is 1. The number of alkyl halides is 3. The average molecular weight is 268 g/mol. The van der Waals surface area contributed by atoms with E-state index < -0.39 is 23.0 Å². The zero-order valence-electron chi connectivity index (χ0n) is 10.9. The first-order chi connectivity index (χ1) is 7.94. The molecule has 1 amide bonds. The van der Waals surface area contributed by atoms with Gasteiger partial charge in [0, 0.05) is 18.6 Å². The van der Waals surface area contributed by atoms with Crippen molar-refractivity contribution >= 4 is 5.91 Å². The second-order valence-corrected chi connectivity index (χ2v) is 5.51. The minimum absolute atomic E-state index is 0.0716. The maximum atomic E-state index is 12.6. The van der Waals surface area contributed by atoms with Gasteiger partial charge in [-0.2, -0.15) is 13.2 Å². The maximum Gasteiger partial charge on any atom is 0.415 e. The second-order valence-electron chi connectivity index (χ2n) is 5.51. The van der Waals surface area contributed by atoms with Gasteiger partial charge >= 0.3 is 6.18 Å². The zero-order valence-corrected chi connectivity index (χ0v) is 10.9. The average Bonchev–Trinajstić information content (AvgIpc) is 2.21. The molecule has 7 heteroatoms. The van der Waals surface area contributed by atoms with E-state index in [1.54, 1.807) is 0 Å². The van der Waals surface area contributed by atoms with Crippen LogP contribution in [0, 0.1) is 5.41 Å². The van der Waals surface area contributed by atoms with E-state index in [1.165, 1.54) is 7.11 Å². The van der Waals surface area contributed by atoms with Crippen LogP contribution in [0.25, 0.3) is 0 Å². The van der Waals surface area contributed by atoms with Crippen LogP contribution in [0.4, 0.5) is 13.2 Å². The van der Waals surface area contributed by atoms with Crippen LogP contribution < -0.4 is 11.1 Å². The quantitative estimate of drug-likeness (QED) is 0.808. The van der Waals surface area contributed by atoms with Gasteiger partial charge in [0.05, 0.1) is 6.10 Å². The number of amides is 1. The van der Waals surface area contributed by atoms with Gasteiger partial charge in [-0.3, -0.25) is 4.79 Å². The molecule has 0 aromatic heterocycles. The van der Waals surface area contributed by atoms with Gasteiger partial charge in [0.25, 0.3) is 0 Å². The Labute approximate surface area is 104 Å². The Hall–Kier alpha value is -0.820. The van der Waals surface area contributed by atoms with E-state index in [9.17, 15) is 18.0 Å². The Balaban J connectivity index is 2.69. The molecule has 0 bridgehead atoms. The van der Waals surface area contributed by atoms with Crippen LogP contribution in [0.15, 0.2) is 0 Å². The number of nitrogens with two attached hydrogens (primary N) is 1. The van der Waals surface area contributed by atoms with Crippen molar-refractivity contribution in [2.45, 2.75) is 51.1 Å². The van der Waals surface area contributed by atoms with Crippen LogP contribution in [0.1, 0.15) is 27.2 Å². The summed E-state index contributed by atoms with van der Waals surface area (Å²) in [4.78, 5) is 11.6. The minimum Gasteiger partial charge on any atom is -0.381 e. The monoisotopic (exact) mass is 268 g/mol. The fraction of sp³-hybridized carbons (Fsp3) is 0.909.